The monoisotopic (exact) mass is 426 g/mol. The van der Waals surface area contributed by atoms with Crippen LogP contribution in [0.15, 0.2) is 11.6 Å². The van der Waals surface area contributed by atoms with E-state index in [2.05, 4.69) is 61.5 Å². The Labute approximate surface area is 192 Å². The Bertz CT molecular complexity index is 775. The maximum absolute atomic E-state index is 10.9. The molecule has 0 unspecified atom stereocenters. The van der Waals surface area contributed by atoms with Gasteiger partial charge in [0.05, 0.1) is 6.10 Å². The summed E-state index contributed by atoms with van der Waals surface area (Å²) in [5.41, 5.74) is 3.60. The summed E-state index contributed by atoms with van der Waals surface area (Å²) in [7, 11) is 0. The molecular weight excluding hydrogens is 376 g/mol. The highest BCUT2D eigenvalue weighted by Gasteiger charge is 2.66. The van der Waals surface area contributed by atoms with Crippen molar-refractivity contribution in [2.75, 3.05) is 0 Å². The highest BCUT2D eigenvalue weighted by molar-refractivity contribution is 5.34. The Morgan fingerprint density at radius 3 is 2.13 bits per heavy atom. The standard InChI is InChI=1S/C30H50O/c1-19-17-24-28(6,21-18-26(2,3)13-9-20(19)21)14-11-23-29(7)16-12-25(31)27(4,5)22(29)10-15-30(23,24)8/h17,19-23,25,31H,9-16,18H2,1-8H3/t19-,20+,21+,22-,23+,25+,28-,29-,30+/m0/s1. The fraction of sp³-hybridized carbons (Fsp3) is 0.933. The zero-order valence-electron chi connectivity index (χ0n) is 21.9. The molecule has 0 heterocycles. The molecule has 1 N–H and O–H groups in total. The van der Waals surface area contributed by atoms with E-state index in [0.29, 0.717) is 27.6 Å². The van der Waals surface area contributed by atoms with Gasteiger partial charge in [0.25, 0.3) is 0 Å². The molecule has 0 aromatic heterocycles. The van der Waals surface area contributed by atoms with Crippen LogP contribution < -0.4 is 0 Å². The topological polar surface area (TPSA) is 20.2 Å². The van der Waals surface area contributed by atoms with Crippen molar-refractivity contribution in [3.8, 4) is 0 Å². The van der Waals surface area contributed by atoms with Crippen molar-refractivity contribution in [3.63, 3.8) is 0 Å². The van der Waals surface area contributed by atoms with Gasteiger partial charge in [0, 0.05) is 0 Å². The molecule has 9 atom stereocenters. The minimum Gasteiger partial charge on any atom is -0.393 e. The van der Waals surface area contributed by atoms with Gasteiger partial charge >= 0.3 is 0 Å². The molecule has 0 aromatic carbocycles. The van der Waals surface area contributed by atoms with Gasteiger partial charge < -0.3 is 5.11 Å². The van der Waals surface area contributed by atoms with E-state index < -0.39 is 0 Å². The van der Waals surface area contributed by atoms with Gasteiger partial charge in [0.1, 0.15) is 0 Å². The van der Waals surface area contributed by atoms with Crippen LogP contribution in [0, 0.1) is 56.7 Å². The Balaban J connectivity index is 1.56. The molecule has 31 heavy (non-hydrogen) atoms. The average molecular weight is 427 g/mol. The van der Waals surface area contributed by atoms with E-state index in [-0.39, 0.29) is 11.5 Å². The highest BCUT2D eigenvalue weighted by atomic mass is 16.3. The number of aliphatic hydroxyl groups excluding tert-OH is 1. The largest absolute Gasteiger partial charge is 0.393 e. The van der Waals surface area contributed by atoms with Crippen molar-refractivity contribution in [2.45, 2.75) is 119 Å². The number of aliphatic hydroxyl groups is 1. The molecule has 1 nitrogen and oxygen atoms in total. The molecule has 5 aliphatic rings. The molecule has 0 saturated heterocycles. The van der Waals surface area contributed by atoms with Gasteiger partial charge in [-0.05, 0) is 114 Å². The second-order valence-corrected chi connectivity index (χ2v) is 15.0. The van der Waals surface area contributed by atoms with Gasteiger partial charge in [-0.2, -0.15) is 0 Å². The van der Waals surface area contributed by atoms with E-state index in [1.807, 2.05) is 5.57 Å². The Kier molecular flexibility index (Phi) is 4.82. The number of hydrogen-bond donors (Lipinski definition) is 1. The summed E-state index contributed by atoms with van der Waals surface area (Å²) >= 11 is 0. The van der Waals surface area contributed by atoms with Crippen LogP contribution in [0.3, 0.4) is 0 Å². The van der Waals surface area contributed by atoms with E-state index in [1.165, 1.54) is 51.4 Å². The van der Waals surface area contributed by atoms with E-state index in [4.69, 9.17) is 0 Å². The number of fused-ring (bicyclic) bond motifs is 7. The molecular formula is C30H50O. The summed E-state index contributed by atoms with van der Waals surface area (Å²) in [6, 6.07) is 0. The zero-order chi connectivity index (χ0) is 22.6. The van der Waals surface area contributed by atoms with Gasteiger partial charge in [0.15, 0.2) is 0 Å². The van der Waals surface area contributed by atoms with Crippen molar-refractivity contribution in [1.82, 2.24) is 0 Å². The fourth-order valence-corrected chi connectivity index (χ4v) is 10.8. The van der Waals surface area contributed by atoms with Gasteiger partial charge in [-0.25, -0.2) is 0 Å². The number of allylic oxidation sites excluding steroid dienone is 2. The first-order valence-electron chi connectivity index (χ1n) is 13.7. The first-order chi connectivity index (χ1) is 14.3. The van der Waals surface area contributed by atoms with E-state index in [9.17, 15) is 5.11 Å². The van der Waals surface area contributed by atoms with Crippen LogP contribution in [0.1, 0.15) is 113 Å². The Morgan fingerprint density at radius 1 is 0.774 bits per heavy atom. The molecule has 0 spiro atoms. The average Bonchev–Trinajstić information content (AvgIpc) is 2.66. The van der Waals surface area contributed by atoms with Gasteiger partial charge in [-0.3, -0.25) is 0 Å². The summed E-state index contributed by atoms with van der Waals surface area (Å²) in [5, 5.41) is 10.9. The second kappa shape index (κ2) is 6.64. The summed E-state index contributed by atoms with van der Waals surface area (Å²) in [6.07, 6.45) is 14.6. The first-order valence-corrected chi connectivity index (χ1v) is 13.7. The number of hydrogen-bond acceptors (Lipinski definition) is 1. The predicted molar refractivity (Wildman–Crippen MR) is 131 cm³/mol. The van der Waals surface area contributed by atoms with Crippen LogP contribution in [0.2, 0.25) is 0 Å². The third-order valence-corrected chi connectivity index (χ3v) is 12.6. The van der Waals surface area contributed by atoms with Gasteiger partial charge in [-0.15, -0.1) is 0 Å². The smallest absolute Gasteiger partial charge is 0.0594 e. The van der Waals surface area contributed by atoms with Crippen LogP contribution >= 0.6 is 0 Å². The van der Waals surface area contributed by atoms with Crippen molar-refractivity contribution in [3.05, 3.63) is 11.6 Å². The van der Waals surface area contributed by atoms with Crippen LogP contribution in [-0.4, -0.2) is 11.2 Å². The molecule has 4 fully saturated rings. The van der Waals surface area contributed by atoms with Crippen LogP contribution in [0.25, 0.3) is 0 Å². The molecule has 0 aromatic rings. The SMILES string of the molecule is C[C@H]1C=C2[C@]3(C)CC[C@H]4C(C)(C)[C@H](O)CC[C@]4(C)[C@H]3CC[C@@]2(C)[C@@H]2CC(C)(C)CC[C@@H]21. The molecule has 0 radical (unpaired) electrons. The lowest BCUT2D eigenvalue weighted by Crippen LogP contribution is -2.62. The third kappa shape index (κ3) is 2.90. The summed E-state index contributed by atoms with van der Waals surface area (Å²) < 4.78 is 0. The molecule has 4 saturated carbocycles. The lowest BCUT2D eigenvalue weighted by Gasteiger charge is -2.69. The molecule has 1 heteroatoms. The van der Waals surface area contributed by atoms with Crippen molar-refractivity contribution >= 4 is 0 Å². The van der Waals surface area contributed by atoms with Gasteiger partial charge in [0.2, 0.25) is 0 Å². The van der Waals surface area contributed by atoms with Crippen molar-refractivity contribution in [2.24, 2.45) is 56.7 Å². The summed E-state index contributed by atoms with van der Waals surface area (Å²) in [4.78, 5) is 0. The quantitative estimate of drug-likeness (QED) is 0.389. The third-order valence-electron chi connectivity index (χ3n) is 12.6. The summed E-state index contributed by atoms with van der Waals surface area (Å²) in [5.74, 6) is 3.96. The van der Waals surface area contributed by atoms with E-state index in [1.54, 1.807) is 0 Å². The first kappa shape index (κ1) is 22.5. The molecule has 0 aliphatic heterocycles. The maximum Gasteiger partial charge on any atom is 0.0594 e. The normalized spacial score (nSPS) is 55.2. The molecule has 5 rings (SSSR count). The van der Waals surface area contributed by atoms with E-state index >= 15 is 0 Å². The zero-order valence-corrected chi connectivity index (χ0v) is 21.9. The Hall–Kier alpha value is -0.300. The summed E-state index contributed by atoms with van der Waals surface area (Å²) in [6.45, 7) is 20.3. The van der Waals surface area contributed by atoms with Gasteiger partial charge in [-0.1, -0.05) is 67.0 Å². The minimum absolute atomic E-state index is 0.0573. The number of rotatable bonds is 0. The fourth-order valence-electron chi connectivity index (χ4n) is 10.8. The van der Waals surface area contributed by atoms with Crippen molar-refractivity contribution < 1.29 is 5.11 Å². The highest BCUT2D eigenvalue weighted by Crippen LogP contribution is 2.73. The maximum atomic E-state index is 10.9. The second-order valence-electron chi connectivity index (χ2n) is 15.0. The van der Waals surface area contributed by atoms with E-state index in [0.717, 1.165) is 30.1 Å². The minimum atomic E-state index is -0.122. The molecule has 5 aliphatic carbocycles. The molecule has 0 bridgehead atoms. The molecule has 176 valence electrons. The van der Waals surface area contributed by atoms with Crippen LogP contribution in [0.5, 0.6) is 0 Å². The van der Waals surface area contributed by atoms with Crippen molar-refractivity contribution in [1.29, 1.82) is 0 Å². The van der Waals surface area contributed by atoms with Crippen LogP contribution in [0.4, 0.5) is 0 Å². The lowest BCUT2D eigenvalue weighted by atomic mass is 9.35. The lowest BCUT2D eigenvalue weighted by molar-refractivity contribution is -0.181. The Morgan fingerprint density at radius 2 is 1.42 bits per heavy atom. The predicted octanol–water partition coefficient (Wildman–Crippen LogP) is 8.02. The molecule has 0 amide bonds. The van der Waals surface area contributed by atoms with Crippen LogP contribution in [-0.2, 0) is 0 Å².